The molecule has 1 saturated heterocycles. The Morgan fingerprint density at radius 1 is 0.905 bits per heavy atom. The highest BCUT2D eigenvalue weighted by atomic mass is 35.5. The minimum absolute atomic E-state index is 0.0177. The number of carbonyl (C=O) groups excluding carboxylic acids is 1. The Morgan fingerprint density at radius 3 is 2.24 bits per heavy atom. The summed E-state index contributed by atoms with van der Waals surface area (Å²) in [6.07, 6.45) is 4.81. The summed E-state index contributed by atoms with van der Waals surface area (Å²) >= 11 is 5.96. The highest BCUT2D eigenvalue weighted by molar-refractivity contribution is 6.29. The number of halogens is 1. The standard InChI is InChI=1S/C31H35ClN8O2/c1-19(2)39-11-13-40(14-12-39)23-7-5-22(6-8-23)36-31(42)29-24(9-10-33-30(29)41)37-25-18-35-28(16-21(25)4)38-26-17-34-27(32)15-20(26)3/h5-10,15-19H,11-14H2,1-4H3,(H,35,38)(H,36,42)(H2,33,37,41). The summed E-state index contributed by atoms with van der Waals surface area (Å²) < 4.78 is 0. The molecule has 1 aromatic carbocycles. The minimum Gasteiger partial charge on any atom is -0.369 e. The maximum atomic E-state index is 13.3. The molecule has 3 aromatic heterocycles. The molecular formula is C31H35ClN8O2. The van der Waals surface area contributed by atoms with Gasteiger partial charge in [-0.3, -0.25) is 14.5 Å². The third-order valence-electron chi connectivity index (χ3n) is 7.44. The summed E-state index contributed by atoms with van der Waals surface area (Å²) in [4.78, 5) is 42.1. The zero-order valence-corrected chi connectivity index (χ0v) is 24.9. The second-order valence-corrected chi connectivity index (χ2v) is 11.1. The van der Waals surface area contributed by atoms with Gasteiger partial charge >= 0.3 is 0 Å². The summed E-state index contributed by atoms with van der Waals surface area (Å²) in [5, 5.41) is 9.75. The van der Waals surface area contributed by atoms with Gasteiger partial charge in [0, 0.05) is 49.8 Å². The third-order valence-corrected chi connectivity index (χ3v) is 7.65. The molecule has 0 spiro atoms. The fourth-order valence-electron chi connectivity index (χ4n) is 4.94. The average molecular weight is 587 g/mol. The van der Waals surface area contributed by atoms with Crippen LogP contribution in [0.3, 0.4) is 0 Å². The molecule has 0 saturated carbocycles. The van der Waals surface area contributed by atoms with Gasteiger partial charge in [-0.2, -0.15) is 0 Å². The zero-order chi connectivity index (χ0) is 29.8. The van der Waals surface area contributed by atoms with Crippen LogP contribution in [0.25, 0.3) is 0 Å². The average Bonchev–Trinajstić information content (AvgIpc) is 2.96. The molecule has 1 aliphatic heterocycles. The number of benzene rings is 1. The number of hydrogen-bond donors (Lipinski definition) is 4. The molecule has 1 amide bonds. The molecule has 218 valence electrons. The third kappa shape index (κ3) is 6.72. The molecule has 1 aliphatic rings. The number of rotatable bonds is 8. The van der Waals surface area contributed by atoms with Gasteiger partial charge in [-0.1, -0.05) is 11.6 Å². The minimum atomic E-state index is -0.507. The van der Waals surface area contributed by atoms with Crippen molar-refractivity contribution in [1.82, 2.24) is 19.9 Å². The highest BCUT2D eigenvalue weighted by Gasteiger charge is 2.20. The van der Waals surface area contributed by atoms with Crippen LogP contribution in [0, 0.1) is 13.8 Å². The fourth-order valence-corrected chi connectivity index (χ4v) is 5.16. The first-order chi connectivity index (χ1) is 20.2. The molecule has 5 rings (SSSR count). The smallest absolute Gasteiger partial charge is 0.263 e. The Hall–Kier alpha value is -4.41. The van der Waals surface area contributed by atoms with E-state index in [2.05, 4.69) is 54.5 Å². The Bertz CT molecular complexity index is 1630. The van der Waals surface area contributed by atoms with Gasteiger partial charge in [0.25, 0.3) is 11.5 Å². The first kappa shape index (κ1) is 29.1. The predicted molar refractivity (Wildman–Crippen MR) is 170 cm³/mol. The molecule has 0 bridgehead atoms. The van der Waals surface area contributed by atoms with Crippen LogP contribution >= 0.6 is 11.6 Å². The van der Waals surface area contributed by atoms with Crippen molar-refractivity contribution in [3.8, 4) is 0 Å². The number of hydrogen-bond acceptors (Lipinski definition) is 8. The summed E-state index contributed by atoms with van der Waals surface area (Å²) in [5.74, 6) is 0.117. The van der Waals surface area contributed by atoms with Crippen LogP contribution in [-0.4, -0.2) is 58.0 Å². The summed E-state index contributed by atoms with van der Waals surface area (Å²) in [6, 6.07) is 13.6. The second-order valence-electron chi connectivity index (χ2n) is 10.7. The number of pyridine rings is 3. The Kier molecular flexibility index (Phi) is 8.75. The maximum Gasteiger partial charge on any atom is 0.263 e. The van der Waals surface area contributed by atoms with E-state index in [4.69, 9.17) is 11.6 Å². The number of aryl methyl sites for hydroxylation is 2. The van der Waals surface area contributed by atoms with Crippen LogP contribution < -0.4 is 26.4 Å². The molecule has 1 fully saturated rings. The number of anilines is 6. The van der Waals surface area contributed by atoms with E-state index in [1.165, 1.54) is 6.20 Å². The quantitative estimate of drug-likeness (QED) is 0.194. The van der Waals surface area contributed by atoms with Crippen LogP contribution in [0.1, 0.15) is 35.3 Å². The van der Waals surface area contributed by atoms with E-state index in [0.29, 0.717) is 34.1 Å². The number of amides is 1. The summed E-state index contributed by atoms with van der Waals surface area (Å²) in [5.41, 5.74) is 4.84. The fraction of sp³-hybridized carbons (Fsp3) is 0.290. The lowest BCUT2D eigenvalue weighted by Crippen LogP contribution is -2.48. The molecule has 10 nitrogen and oxygen atoms in total. The van der Waals surface area contributed by atoms with Crippen LogP contribution in [0.5, 0.6) is 0 Å². The van der Waals surface area contributed by atoms with E-state index in [1.807, 2.05) is 44.2 Å². The molecule has 0 radical (unpaired) electrons. The number of aromatic amines is 1. The van der Waals surface area contributed by atoms with Crippen molar-refractivity contribution in [2.45, 2.75) is 33.7 Å². The summed E-state index contributed by atoms with van der Waals surface area (Å²) in [7, 11) is 0. The van der Waals surface area contributed by atoms with E-state index < -0.39 is 11.5 Å². The Morgan fingerprint density at radius 2 is 1.57 bits per heavy atom. The van der Waals surface area contributed by atoms with Crippen molar-refractivity contribution in [3.63, 3.8) is 0 Å². The molecule has 0 atom stereocenters. The van der Waals surface area contributed by atoms with Gasteiger partial charge in [0.05, 0.1) is 29.5 Å². The first-order valence-corrected chi connectivity index (χ1v) is 14.3. The number of aromatic nitrogens is 3. The Balaban J connectivity index is 1.27. The first-order valence-electron chi connectivity index (χ1n) is 13.9. The van der Waals surface area contributed by atoms with E-state index in [1.54, 1.807) is 24.5 Å². The van der Waals surface area contributed by atoms with Gasteiger partial charge in [-0.15, -0.1) is 0 Å². The van der Waals surface area contributed by atoms with Gasteiger partial charge in [0.1, 0.15) is 16.5 Å². The largest absolute Gasteiger partial charge is 0.369 e. The maximum absolute atomic E-state index is 13.3. The predicted octanol–water partition coefficient (Wildman–Crippen LogP) is 5.71. The lowest BCUT2D eigenvalue weighted by Gasteiger charge is -2.38. The van der Waals surface area contributed by atoms with Crippen molar-refractivity contribution in [1.29, 1.82) is 0 Å². The zero-order valence-electron chi connectivity index (χ0n) is 24.2. The lowest BCUT2D eigenvalue weighted by molar-refractivity contribution is 0.102. The van der Waals surface area contributed by atoms with E-state index >= 15 is 0 Å². The van der Waals surface area contributed by atoms with Crippen molar-refractivity contribution >= 4 is 51.8 Å². The normalized spacial score (nSPS) is 13.7. The van der Waals surface area contributed by atoms with E-state index in [-0.39, 0.29) is 5.56 Å². The molecule has 0 unspecified atom stereocenters. The SMILES string of the molecule is Cc1cc(Cl)ncc1Nc1cc(C)c(Nc2cc[nH]c(=O)c2C(=O)Nc2ccc(N3CCN(C(C)C)CC3)cc2)cn1. The molecule has 4 heterocycles. The van der Waals surface area contributed by atoms with Gasteiger partial charge < -0.3 is 25.8 Å². The van der Waals surface area contributed by atoms with Gasteiger partial charge in [-0.05, 0) is 81.3 Å². The lowest BCUT2D eigenvalue weighted by atomic mass is 10.1. The molecule has 4 N–H and O–H groups in total. The second kappa shape index (κ2) is 12.6. The molecule has 42 heavy (non-hydrogen) atoms. The number of nitrogens with zero attached hydrogens (tertiary/aromatic N) is 4. The molecule has 4 aromatic rings. The van der Waals surface area contributed by atoms with Gasteiger partial charge in [0.2, 0.25) is 0 Å². The van der Waals surface area contributed by atoms with E-state index in [0.717, 1.165) is 48.7 Å². The van der Waals surface area contributed by atoms with Crippen LogP contribution in [0.15, 0.2) is 65.8 Å². The number of H-pyrrole nitrogens is 1. The highest BCUT2D eigenvalue weighted by Crippen LogP contribution is 2.27. The van der Waals surface area contributed by atoms with Gasteiger partial charge in [-0.25, -0.2) is 9.97 Å². The van der Waals surface area contributed by atoms with Crippen molar-refractivity contribution in [2.24, 2.45) is 0 Å². The van der Waals surface area contributed by atoms with E-state index in [9.17, 15) is 9.59 Å². The molecule has 0 aliphatic carbocycles. The number of carbonyl (C=O) groups is 1. The topological polar surface area (TPSA) is 118 Å². The Labute approximate surface area is 250 Å². The van der Waals surface area contributed by atoms with Crippen LogP contribution in [-0.2, 0) is 0 Å². The number of piperazine rings is 1. The van der Waals surface area contributed by atoms with Crippen molar-refractivity contribution < 1.29 is 4.79 Å². The van der Waals surface area contributed by atoms with Gasteiger partial charge in [0.15, 0.2) is 0 Å². The van der Waals surface area contributed by atoms with Crippen LogP contribution in [0.4, 0.5) is 34.3 Å². The number of nitrogens with one attached hydrogen (secondary N) is 4. The molecule has 11 heteroatoms. The van der Waals surface area contributed by atoms with Crippen molar-refractivity contribution in [3.05, 3.63) is 93.3 Å². The monoisotopic (exact) mass is 586 g/mol. The summed E-state index contributed by atoms with van der Waals surface area (Å²) in [6.45, 7) is 12.3. The molecular weight excluding hydrogens is 552 g/mol. The van der Waals surface area contributed by atoms with Crippen LogP contribution in [0.2, 0.25) is 5.15 Å². The van der Waals surface area contributed by atoms with Crippen molar-refractivity contribution in [2.75, 3.05) is 47.0 Å².